The van der Waals surface area contributed by atoms with E-state index in [0.717, 1.165) is 0 Å². The van der Waals surface area contributed by atoms with E-state index in [-0.39, 0.29) is 6.42 Å². The van der Waals surface area contributed by atoms with Crippen LogP contribution in [-0.4, -0.2) is 44.1 Å². The van der Waals surface area contributed by atoms with Crippen molar-refractivity contribution in [1.29, 1.82) is 0 Å². The summed E-state index contributed by atoms with van der Waals surface area (Å²) in [6, 6.07) is 0. The SMILES string of the molecule is OCC(O)C(O)Cc1cnccn1. The van der Waals surface area contributed by atoms with E-state index >= 15 is 0 Å². The van der Waals surface area contributed by atoms with Crippen LogP contribution in [0, 0.1) is 0 Å². The lowest BCUT2D eigenvalue weighted by Crippen LogP contribution is -2.31. The van der Waals surface area contributed by atoms with Crippen LogP contribution >= 0.6 is 0 Å². The summed E-state index contributed by atoms with van der Waals surface area (Å²) in [7, 11) is 0. The number of hydrogen-bond donors (Lipinski definition) is 3. The summed E-state index contributed by atoms with van der Waals surface area (Å²) in [6.07, 6.45) is 2.61. The van der Waals surface area contributed by atoms with Crippen LogP contribution < -0.4 is 0 Å². The standard InChI is InChI=1S/C8H12N2O3/c11-5-8(13)7(12)3-6-4-9-1-2-10-6/h1-2,4,7-8,11-13H,3,5H2. The summed E-state index contributed by atoms with van der Waals surface area (Å²) >= 11 is 0. The highest BCUT2D eigenvalue weighted by Gasteiger charge is 2.15. The van der Waals surface area contributed by atoms with Gasteiger partial charge in [0, 0.05) is 25.0 Å². The van der Waals surface area contributed by atoms with Crippen molar-refractivity contribution in [2.45, 2.75) is 18.6 Å². The van der Waals surface area contributed by atoms with E-state index in [2.05, 4.69) is 9.97 Å². The van der Waals surface area contributed by atoms with Crippen LogP contribution in [0.15, 0.2) is 18.6 Å². The van der Waals surface area contributed by atoms with Gasteiger partial charge < -0.3 is 15.3 Å². The second-order valence-electron chi connectivity index (χ2n) is 2.72. The van der Waals surface area contributed by atoms with Crippen molar-refractivity contribution < 1.29 is 15.3 Å². The normalized spacial score (nSPS) is 15.3. The van der Waals surface area contributed by atoms with Gasteiger partial charge in [-0.1, -0.05) is 0 Å². The first kappa shape index (κ1) is 10.0. The Morgan fingerprint density at radius 1 is 1.23 bits per heavy atom. The van der Waals surface area contributed by atoms with Gasteiger partial charge >= 0.3 is 0 Å². The zero-order chi connectivity index (χ0) is 9.68. The number of aromatic nitrogens is 2. The Bertz CT molecular complexity index is 242. The van der Waals surface area contributed by atoms with Crippen LogP contribution in [0.25, 0.3) is 0 Å². The van der Waals surface area contributed by atoms with Crippen molar-refractivity contribution in [3.05, 3.63) is 24.3 Å². The molecule has 0 aliphatic rings. The Labute approximate surface area is 75.7 Å². The predicted molar refractivity (Wildman–Crippen MR) is 44.8 cm³/mol. The molecule has 1 aromatic rings. The fraction of sp³-hybridized carbons (Fsp3) is 0.500. The van der Waals surface area contributed by atoms with Crippen LogP contribution in [-0.2, 0) is 6.42 Å². The summed E-state index contributed by atoms with van der Waals surface area (Å²) < 4.78 is 0. The highest BCUT2D eigenvalue weighted by Crippen LogP contribution is 2.01. The van der Waals surface area contributed by atoms with E-state index in [0.29, 0.717) is 5.69 Å². The van der Waals surface area contributed by atoms with Gasteiger partial charge in [0.15, 0.2) is 0 Å². The van der Waals surface area contributed by atoms with Crippen molar-refractivity contribution in [3.63, 3.8) is 0 Å². The van der Waals surface area contributed by atoms with Crippen LogP contribution in [0.4, 0.5) is 0 Å². The second-order valence-corrected chi connectivity index (χ2v) is 2.72. The molecule has 0 fully saturated rings. The van der Waals surface area contributed by atoms with Gasteiger partial charge in [-0.05, 0) is 0 Å². The van der Waals surface area contributed by atoms with Gasteiger partial charge in [0.2, 0.25) is 0 Å². The van der Waals surface area contributed by atoms with Crippen molar-refractivity contribution in [2.24, 2.45) is 0 Å². The molecule has 1 rings (SSSR count). The van der Waals surface area contributed by atoms with Crippen molar-refractivity contribution in [1.82, 2.24) is 9.97 Å². The third-order valence-corrected chi connectivity index (χ3v) is 1.67. The zero-order valence-electron chi connectivity index (χ0n) is 7.04. The molecule has 5 heteroatoms. The fourth-order valence-electron chi connectivity index (χ4n) is 0.907. The zero-order valence-corrected chi connectivity index (χ0v) is 7.04. The maximum absolute atomic E-state index is 9.29. The molecule has 0 saturated heterocycles. The number of aliphatic hydroxyl groups is 3. The number of hydrogen-bond acceptors (Lipinski definition) is 5. The monoisotopic (exact) mass is 184 g/mol. The molecule has 72 valence electrons. The molecule has 13 heavy (non-hydrogen) atoms. The topological polar surface area (TPSA) is 86.5 Å². The molecule has 0 spiro atoms. The highest BCUT2D eigenvalue weighted by molar-refractivity contribution is 4.97. The molecule has 0 aliphatic heterocycles. The van der Waals surface area contributed by atoms with E-state index in [1.54, 1.807) is 0 Å². The number of aliphatic hydroxyl groups excluding tert-OH is 3. The Balaban J connectivity index is 2.50. The Kier molecular flexibility index (Phi) is 3.75. The molecule has 0 saturated carbocycles. The first-order chi connectivity index (χ1) is 6.24. The average Bonchev–Trinajstić information content (AvgIpc) is 2.18. The first-order valence-electron chi connectivity index (χ1n) is 3.96. The van der Waals surface area contributed by atoms with Gasteiger partial charge in [0.1, 0.15) is 6.10 Å². The minimum absolute atomic E-state index is 0.190. The summed E-state index contributed by atoms with van der Waals surface area (Å²) in [5.74, 6) is 0. The van der Waals surface area contributed by atoms with Gasteiger partial charge in [-0.15, -0.1) is 0 Å². The number of rotatable bonds is 4. The molecule has 0 bridgehead atoms. The lowest BCUT2D eigenvalue weighted by molar-refractivity contribution is -0.0137. The summed E-state index contributed by atoms with van der Waals surface area (Å²) in [5, 5.41) is 26.9. The van der Waals surface area contributed by atoms with E-state index in [1.807, 2.05) is 0 Å². The lowest BCUT2D eigenvalue weighted by Gasteiger charge is -2.14. The van der Waals surface area contributed by atoms with Gasteiger partial charge in [-0.25, -0.2) is 0 Å². The van der Waals surface area contributed by atoms with Gasteiger partial charge in [0.05, 0.1) is 18.4 Å². The second kappa shape index (κ2) is 4.86. The van der Waals surface area contributed by atoms with Crippen molar-refractivity contribution in [2.75, 3.05) is 6.61 Å². The Hall–Kier alpha value is -1.04. The van der Waals surface area contributed by atoms with Crippen LogP contribution in [0.2, 0.25) is 0 Å². The van der Waals surface area contributed by atoms with E-state index in [4.69, 9.17) is 10.2 Å². The molecule has 2 atom stereocenters. The predicted octanol–water partition coefficient (Wildman–Crippen LogP) is -1.27. The minimum atomic E-state index is -1.12. The van der Waals surface area contributed by atoms with Gasteiger partial charge in [-0.3, -0.25) is 9.97 Å². The Morgan fingerprint density at radius 3 is 2.54 bits per heavy atom. The molecule has 0 aliphatic carbocycles. The lowest BCUT2D eigenvalue weighted by atomic mass is 10.1. The largest absolute Gasteiger partial charge is 0.394 e. The summed E-state index contributed by atoms with van der Waals surface area (Å²) in [5.41, 5.74) is 0.586. The molecule has 0 amide bonds. The molecule has 2 unspecified atom stereocenters. The summed E-state index contributed by atoms with van der Waals surface area (Å²) in [4.78, 5) is 7.73. The molecular formula is C8H12N2O3. The van der Waals surface area contributed by atoms with Crippen molar-refractivity contribution >= 4 is 0 Å². The van der Waals surface area contributed by atoms with E-state index < -0.39 is 18.8 Å². The number of nitrogens with zero attached hydrogens (tertiary/aromatic N) is 2. The molecule has 0 radical (unpaired) electrons. The third kappa shape index (κ3) is 3.06. The third-order valence-electron chi connectivity index (χ3n) is 1.67. The minimum Gasteiger partial charge on any atom is -0.394 e. The van der Waals surface area contributed by atoms with Gasteiger partial charge in [-0.2, -0.15) is 0 Å². The summed E-state index contributed by atoms with van der Waals surface area (Å²) in [6.45, 7) is -0.457. The van der Waals surface area contributed by atoms with E-state index in [9.17, 15) is 5.11 Å². The quantitative estimate of drug-likeness (QED) is 0.543. The average molecular weight is 184 g/mol. The smallest absolute Gasteiger partial charge is 0.103 e. The van der Waals surface area contributed by atoms with Crippen LogP contribution in [0.1, 0.15) is 5.69 Å². The van der Waals surface area contributed by atoms with Crippen LogP contribution in [0.3, 0.4) is 0 Å². The molecule has 1 aromatic heterocycles. The molecule has 1 heterocycles. The van der Waals surface area contributed by atoms with Gasteiger partial charge in [0.25, 0.3) is 0 Å². The molecule has 5 nitrogen and oxygen atoms in total. The van der Waals surface area contributed by atoms with Crippen molar-refractivity contribution in [3.8, 4) is 0 Å². The maximum atomic E-state index is 9.29. The molecular weight excluding hydrogens is 172 g/mol. The fourth-order valence-corrected chi connectivity index (χ4v) is 0.907. The first-order valence-corrected chi connectivity index (χ1v) is 3.96. The maximum Gasteiger partial charge on any atom is 0.103 e. The van der Waals surface area contributed by atoms with Crippen LogP contribution in [0.5, 0.6) is 0 Å². The van der Waals surface area contributed by atoms with E-state index in [1.165, 1.54) is 18.6 Å². The Morgan fingerprint density at radius 2 is 2.00 bits per heavy atom. The highest BCUT2D eigenvalue weighted by atomic mass is 16.4. The molecule has 3 N–H and O–H groups in total. The molecule has 0 aromatic carbocycles.